The lowest BCUT2D eigenvalue weighted by Gasteiger charge is -2.27. The molecule has 0 radical (unpaired) electrons. The van der Waals surface area contributed by atoms with Crippen LogP contribution in [0.4, 0.5) is 0 Å². The highest BCUT2D eigenvalue weighted by Gasteiger charge is 2.24. The van der Waals surface area contributed by atoms with Crippen molar-refractivity contribution in [1.82, 2.24) is 10.2 Å². The van der Waals surface area contributed by atoms with Crippen LogP contribution in [0.15, 0.2) is 0 Å². The Labute approximate surface area is 99.0 Å². The molecule has 1 aliphatic carbocycles. The summed E-state index contributed by atoms with van der Waals surface area (Å²) in [5, 5.41) is 9.33. The molecule has 1 fully saturated rings. The maximum absolute atomic E-state index is 5.78. The Morgan fingerprint density at radius 2 is 2.19 bits per heavy atom. The molecule has 16 heavy (non-hydrogen) atoms. The molecule has 0 aromatic carbocycles. The first kappa shape index (κ1) is 11.8. The third-order valence-corrected chi connectivity index (χ3v) is 3.64. The van der Waals surface area contributed by atoms with Crippen molar-refractivity contribution in [3.8, 4) is 5.19 Å². The summed E-state index contributed by atoms with van der Waals surface area (Å²) < 4.78 is 11.1. The van der Waals surface area contributed by atoms with Gasteiger partial charge in [-0.2, -0.15) is 0 Å². The van der Waals surface area contributed by atoms with Gasteiger partial charge in [-0.3, -0.25) is 0 Å². The minimum atomic E-state index is 0.206. The van der Waals surface area contributed by atoms with E-state index in [0.717, 1.165) is 30.7 Å². The molecule has 0 aliphatic heterocycles. The second-order valence-corrected chi connectivity index (χ2v) is 4.95. The number of hydrogen-bond acceptors (Lipinski definition) is 6. The average Bonchev–Trinajstić information content (AvgIpc) is 2.77. The van der Waals surface area contributed by atoms with Gasteiger partial charge in [-0.1, -0.05) is 16.4 Å². The summed E-state index contributed by atoms with van der Waals surface area (Å²) >= 11 is 1.43. The highest BCUT2D eigenvalue weighted by atomic mass is 32.1. The minimum absolute atomic E-state index is 0.206. The number of aromatic nitrogens is 2. The number of nitrogens with zero attached hydrogens (tertiary/aromatic N) is 2. The Kier molecular flexibility index (Phi) is 4.09. The van der Waals surface area contributed by atoms with E-state index in [1.54, 1.807) is 7.11 Å². The van der Waals surface area contributed by atoms with E-state index in [0.29, 0.717) is 17.8 Å². The van der Waals surface area contributed by atoms with E-state index in [1.807, 2.05) is 0 Å². The molecule has 2 N–H and O–H groups in total. The SMILES string of the molecule is COC1CCCC(Oc2nnc(CN)s2)C1. The molecule has 2 rings (SSSR count). The van der Waals surface area contributed by atoms with Gasteiger partial charge in [-0.05, 0) is 19.3 Å². The quantitative estimate of drug-likeness (QED) is 0.864. The summed E-state index contributed by atoms with van der Waals surface area (Å²) in [7, 11) is 1.75. The van der Waals surface area contributed by atoms with Crippen LogP contribution in [0, 0.1) is 0 Å². The van der Waals surface area contributed by atoms with Crippen LogP contribution in [-0.2, 0) is 11.3 Å². The molecular weight excluding hydrogens is 226 g/mol. The first-order valence-electron chi connectivity index (χ1n) is 5.53. The van der Waals surface area contributed by atoms with Gasteiger partial charge in [-0.25, -0.2) is 0 Å². The molecule has 1 heterocycles. The highest BCUT2D eigenvalue weighted by Crippen LogP contribution is 2.26. The molecule has 2 unspecified atom stereocenters. The van der Waals surface area contributed by atoms with Crippen molar-refractivity contribution < 1.29 is 9.47 Å². The first-order chi connectivity index (χ1) is 7.81. The maximum atomic E-state index is 5.78. The van der Waals surface area contributed by atoms with E-state index >= 15 is 0 Å². The van der Waals surface area contributed by atoms with Crippen molar-refractivity contribution in [3.05, 3.63) is 5.01 Å². The van der Waals surface area contributed by atoms with Gasteiger partial charge in [0.15, 0.2) is 0 Å². The summed E-state index contributed by atoms with van der Waals surface area (Å²) in [5.74, 6) is 0. The maximum Gasteiger partial charge on any atom is 0.294 e. The van der Waals surface area contributed by atoms with Crippen LogP contribution in [-0.4, -0.2) is 29.5 Å². The molecule has 0 bridgehead atoms. The Hall–Kier alpha value is -0.720. The molecule has 2 atom stereocenters. The summed E-state index contributed by atoms with van der Waals surface area (Å²) in [6.07, 6.45) is 4.80. The Morgan fingerprint density at radius 1 is 1.38 bits per heavy atom. The molecule has 0 saturated heterocycles. The molecule has 5 nitrogen and oxygen atoms in total. The fraction of sp³-hybridized carbons (Fsp3) is 0.800. The predicted octanol–water partition coefficient (Wildman–Crippen LogP) is 1.33. The van der Waals surface area contributed by atoms with Crippen molar-refractivity contribution >= 4 is 11.3 Å². The number of hydrogen-bond donors (Lipinski definition) is 1. The standard InChI is InChI=1S/C10H17N3O2S/c1-14-7-3-2-4-8(5-7)15-10-13-12-9(6-11)16-10/h7-8H,2-6,11H2,1H3. The van der Waals surface area contributed by atoms with Crippen LogP contribution in [0.2, 0.25) is 0 Å². The third-order valence-electron chi connectivity index (χ3n) is 2.80. The van der Waals surface area contributed by atoms with Gasteiger partial charge < -0.3 is 15.2 Å². The minimum Gasteiger partial charge on any atom is -0.466 e. The van der Waals surface area contributed by atoms with Crippen molar-refractivity contribution in [3.63, 3.8) is 0 Å². The van der Waals surface area contributed by atoms with E-state index in [4.69, 9.17) is 15.2 Å². The fourth-order valence-electron chi connectivity index (χ4n) is 1.93. The molecule has 1 aliphatic rings. The molecule has 0 amide bonds. The van der Waals surface area contributed by atoms with Crippen LogP contribution in [0.5, 0.6) is 5.19 Å². The summed E-state index contributed by atoms with van der Waals surface area (Å²) in [6, 6.07) is 0. The van der Waals surface area contributed by atoms with E-state index in [2.05, 4.69) is 10.2 Å². The van der Waals surface area contributed by atoms with Crippen molar-refractivity contribution in [2.45, 2.75) is 44.4 Å². The third kappa shape index (κ3) is 2.90. The van der Waals surface area contributed by atoms with E-state index in [-0.39, 0.29) is 6.10 Å². The van der Waals surface area contributed by atoms with Crippen molar-refractivity contribution in [2.24, 2.45) is 5.73 Å². The lowest BCUT2D eigenvalue weighted by atomic mass is 9.95. The largest absolute Gasteiger partial charge is 0.466 e. The summed E-state index contributed by atoms with van der Waals surface area (Å²) in [4.78, 5) is 0. The smallest absolute Gasteiger partial charge is 0.294 e. The van der Waals surface area contributed by atoms with E-state index in [9.17, 15) is 0 Å². The normalized spacial score (nSPS) is 25.6. The van der Waals surface area contributed by atoms with Gasteiger partial charge in [0.05, 0.1) is 6.10 Å². The lowest BCUT2D eigenvalue weighted by molar-refractivity contribution is 0.0207. The van der Waals surface area contributed by atoms with Gasteiger partial charge in [0.2, 0.25) is 0 Å². The zero-order valence-corrected chi connectivity index (χ0v) is 10.2. The van der Waals surface area contributed by atoms with Crippen LogP contribution in [0.25, 0.3) is 0 Å². The molecule has 1 saturated carbocycles. The fourth-order valence-corrected chi connectivity index (χ4v) is 2.57. The second-order valence-electron chi connectivity index (χ2n) is 3.93. The summed E-state index contributed by atoms with van der Waals surface area (Å²) in [6.45, 7) is 0.423. The molecule has 90 valence electrons. The molecule has 1 aromatic heterocycles. The van der Waals surface area contributed by atoms with Crippen LogP contribution in [0.3, 0.4) is 0 Å². The number of methoxy groups -OCH3 is 1. The molecular formula is C10H17N3O2S. The van der Waals surface area contributed by atoms with Gasteiger partial charge in [0, 0.05) is 20.1 Å². The zero-order chi connectivity index (χ0) is 11.4. The van der Waals surface area contributed by atoms with Gasteiger partial charge in [0.1, 0.15) is 11.1 Å². The predicted molar refractivity (Wildman–Crippen MR) is 61.5 cm³/mol. The summed E-state index contributed by atoms with van der Waals surface area (Å²) in [5.41, 5.74) is 5.47. The second kappa shape index (κ2) is 5.56. The Bertz CT molecular complexity index is 332. The molecule has 1 aromatic rings. The average molecular weight is 243 g/mol. The van der Waals surface area contributed by atoms with Gasteiger partial charge in [-0.15, -0.1) is 5.10 Å². The van der Waals surface area contributed by atoms with Gasteiger partial charge >= 0.3 is 0 Å². The van der Waals surface area contributed by atoms with Crippen molar-refractivity contribution in [1.29, 1.82) is 0 Å². The monoisotopic (exact) mass is 243 g/mol. The topological polar surface area (TPSA) is 70.3 Å². The molecule has 0 spiro atoms. The van der Waals surface area contributed by atoms with E-state index in [1.165, 1.54) is 11.3 Å². The number of rotatable bonds is 4. The van der Waals surface area contributed by atoms with Crippen LogP contribution >= 0.6 is 11.3 Å². The Morgan fingerprint density at radius 3 is 2.88 bits per heavy atom. The number of ether oxygens (including phenoxy) is 2. The van der Waals surface area contributed by atoms with E-state index < -0.39 is 0 Å². The molecule has 6 heteroatoms. The zero-order valence-electron chi connectivity index (χ0n) is 9.39. The first-order valence-corrected chi connectivity index (χ1v) is 6.35. The Balaban J connectivity index is 1.88. The number of nitrogens with two attached hydrogens (primary N) is 1. The lowest BCUT2D eigenvalue weighted by Crippen LogP contribution is -2.29. The van der Waals surface area contributed by atoms with Crippen molar-refractivity contribution in [2.75, 3.05) is 7.11 Å². The van der Waals surface area contributed by atoms with Crippen LogP contribution in [0.1, 0.15) is 30.7 Å². The van der Waals surface area contributed by atoms with Gasteiger partial charge in [0.25, 0.3) is 5.19 Å². The van der Waals surface area contributed by atoms with Crippen LogP contribution < -0.4 is 10.5 Å². The highest BCUT2D eigenvalue weighted by molar-refractivity contribution is 7.13.